The summed E-state index contributed by atoms with van der Waals surface area (Å²) in [5, 5.41) is 1.92. The van der Waals surface area contributed by atoms with Gasteiger partial charge in [0, 0.05) is 32.1 Å². The molecule has 0 unspecified atom stereocenters. The van der Waals surface area contributed by atoms with Gasteiger partial charge in [0.2, 0.25) is 5.91 Å². The van der Waals surface area contributed by atoms with Crippen LogP contribution < -0.4 is 0 Å². The summed E-state index contributed by atoms with van der Waals surface area (Å²) in [5.74, 6) is 0.520. The molecule has 0 radical (unpaired) electrons. The maximum Gasteiger partial charge on any atom is 0.225 e. The Kier molecular flexibility index (Phi) is 5.05. The third-order valence-electron chi connectivity index (χ3n) is 3.14. The molecule has 1 rings (SSSR count). The molecule has 4 nitrogen and oxygen atoms in total. The molecular formula is C11H22N2O2. The molecule has 1 saturated heterocycles. The van der Waals surface area contributed by atoms with E-state index in [-0.39, 0.29) is 5.92 Å². The largest absolute Gasteiger partial charge is 0.343 e. The van der Waals surface area contributed by atoms with Crippen LogP contribution in [-0.4, -0.2) is 49.2 Å². The Balaban J connectivity index is 2.42. The van der Waals surface area contributed by atoms with E-state index < -0.39 is 0 Å². The lowest BCUT2D eigenvalue weighted by atomic mass is 9.96. The molecule has 0 saturated carbocycles. The summed E-state index contributed by atoms with van der Waals surface area (Å²) in [6, 6.07) is 0. The van der Waals surface area contributed by atoms with Crippen LogP contribution in [0.15, 0.2) is 0 Å². The molecule has 0 spiro atoms. The number of hydroxylamine groups is 2. The minimum absolute atomic E-state index is 0.205. The normalized spacial score (nSPS) is 19.1. The van der Waals surface area contributed by atoms with E-state index in [2.05, 4.69) is 0 Å². The maximum absolute atomic E-state index is 12.0. The van der Waals surface area contributed by atoms with Gasteiger partial charge in [-0.3, -0.25) is 4.79 Å². The van der Waals surface area contributed by atoms with E-state index in [1.807, 2.05) is 23.8 Å². The number of piperidine rings is 1. The zero-order valence-corrected chi connectivity index (χ0v) is 10.0. The van der Waals surface area contributed by atoms with Crippen molar-refractivity contribution in [3.05, 3.63) is 0 Å². The van der Waals surface area contributed by atoms with Gasteiger partial charge in [0.15, 0.2) is 0 Å². The number of rotatable bonds is 4. The van der Waals surface area contributed by atoms with Crippen molar-refractivity contribution < 1.29 is 9.63 Å². The molecule has 1 amide bonds. The Bertz CT molecular complexity index is 197. The zero-order chi connectivity index (χ0) is 11.3. The van der Waals surface area contributed by atoms with Crippen molar-refractivity contribution in [2.45, 2.75) is 26.7 Å². The van der Waals surface area contributed by atoms with Gasteiger partial charge in [-0.05, 0) is 26.7 Å². The summed E-state index contributed by atoms with van der Waals surface area (Å²) in [7, 11) is 1.69. The molecule has 0 aromatic rings. The smallest absolute Gasteiger partial charge is 0.225 e. The Morgan fingerprint density at radius 1 is 1.33 bits per heavy atom. The van der Waals surface area contributed by atoms with Gasteiger partial charge in [-0.1, -0.05) is 0 Å². The number of carbonyl (C=O) groups excluding carboxylic acids is 1. The molecule has 88 valence electrons. The molecule has 1 fully saturated rings. The highest BCUT2D eigenvalue weighted by Gasteiger charge is 2.27. The van der Waals surface area contributed by atoms with Crippen LogP contribution >= 0.6 is 0 Å². The number of nitrogens with zero attached hydrogens (tertiary/aromatic N) is 2. The second-order valence-electron chi connectivity index (χ2n) is 3.90. The van der Waals surface area contributed by atoms with Crippen molar-refractivity contribution >= 4 is 5.91 Å². The second-order valence-corrected chi connectivity index (χ2v) is 3.90. The molecule has 0 aromatic heterocycles. The predicted octanol–water partition coefficient (Wildman–Crippen LogP) is 1.13. The fraction of sp³-hybridized carbons (Fsp3) is 0.909. The maximum atomic E-state index is 12.0. The molecular weight excluding hydrogens is 192 g/mol. The lowest BCUT2D eigenvalue weighted by molar-refractivity contribution is -0.158. The average molecular weight is 214 g/mol. The van der Waals surface area contributed by atoms with Gasteiger partial charge in [0.1, 0.15) is 0 Å². The molecule has 15 heavy (non-hydrogen) atoms. The van der Waals surface area contributed by atoms with E-state index in [0.29, 0.717) is 5.91 Å². The summed E-state index contributed by atoms with van der Waals surface area (Å²) in [6.45, 7) is 7.44. The summed E-state index contributed by atoms with van der Waals surface area (Å²) in [4.78, 5) is 19.1. The molecule has 1 heterocycles. The topological polar surface area (TPSA) is 32.8 Å². The second kappa shape index (κ2) is 6.08. The average Bonchev–Trinajstić information content (AvgIpc) is 2.30. The van der Waals surface area contributed by atoms with E-state index in [1.54, 1.807) is 7.11 Å². The zero-order valence-electron chi connectivity index (χ0n) is 10.0. The van der Waals surface area contributed by atoms with E-state index in [9.17, 15) is 4.79 Å². The fourth-order valence-corrected chi connectivity index (χ4v) is 2.08. The van der Waals surface area contributed by atoms with Crippen molar-refractivity contribution in [1.29, 1.82) is 0 Å². The van der Waals surface area contributed by atoms with Crippen molar-refractivity contribution in [3.63, 3.8) is 0 Å². The van der Waals surface area contributed by atoms with Crippen LogP contribution in [0, 0.1) is 5.92 Å². The number of amides is 1. The van der Waals surface area contributed by atoms with Crippen LogP contribution in [0.3, 0.4) is 0 Å². The Hall–Kier alpha value is -0.610. The first-order valence-electron chi connectivity index (χ1n) is 5.80. The van der Waals surface area contributed by atoms with E-state index in [4.69, 9.17) is 4.84 Å². The van der Waals surface area contributed by atoms with Gasteiger partial charge in [-0.2, -0.15) is 5.06 Å². The molecule has 0 aromatic carbocycles. The van der Waals surface area contributed by atoms with Gasteiger partial charge in [-0.25, -0.2) is 0 Å². The van der Waals surface area contributed by atoms with E-state index in [1.165, 1.54) is 0 Å². The third-order valence-corrected chi connectivity index (χ3v) is 3.14. The highest BCUT2D eigenvalue weighted by atomic mass is 16.7. The molecule has 0 bridgehead atoms. The molecule has 0 aliphatic carbocycles. The third kappa shape index (κ3) is 3.18. The van der Waals surface area contributed by atoms with Gasteiger partial charge >= 0.3 is 0 Å². The summed E-state index contributed by atoms with van der Waals surface area (Å²) in [6.07, 6.45) is 1.84. The lowest BCUT2D eigenvalue weighted by Crippen LogP contribution is -2.42. The first kappa shape index (κ1) is 12.5. The predicted molar refractivity (Wildman–Crippen MR) is 59.2 cm³/mol. The van der Waals surface area contributed by atoms with E-state index in [0.717, 1.165) is 39.0 Å². The van der Waals surface area contributed by atoms with Crippen LogP contribution in [0.2, 0.25) is 0 Å². The molecule has 1 aliphatic heterocycles. The monoisotopic (exact) mass is 214 g/mol. The highest BCUT2D eigenvalue weighted by molar-refractivity contribution is 5.78. The first-order chi connectivity index (χ1) is 7.22. The van der Waals surface area contributed by atoms with Crippen LogP contribution in [0.1, 0.15) is 26.7 Å². The standard InChI is InChI=1S/C11H22N2O2/c1-4-12(5-2)11(14)10-6-8-13(15-3)9-7-10/h10H,4-9H2,1-3H3. The van der Waals surface area contributed by atoms with Crippen molar-refractivity contribution in [2.75, 3.05) is 33.3 Å². The fourth-order valence-electron chi connectivity index (χ4n) is 2.08. The molecule has 0 N–H and O–H groups in total. The summed E-state index contributed by atoms with van der Waals surface area (Å²) < 4.78 is 0. The highest BCUT2D eigenvalue weighted by Crippen LogP contribution is 2.19. The molecule has 1 aliphatic rings. The van der Waals surface area contributed by atoms with Crippen LogP contribution in [0.25, 0.3) is 0 Å². The number of hydrogen-bond donors (Lipinski definition) is 0. The summed E-state index contributed by atoms with van der Waals surface area (Å²) in [5.41, 5.74) is 0. The van der Waals surface area contributed by atoms with Gasteiger partial charge in [0.25, 0.3) is 0 Å². The van der Waals surface area contributed by atoms with E-state index >= 15 is 0 Å². The Labute approximate surface area is 92.1 Å². The van der Waals surface area contributed by atoms with Gasteiger partial charge in [-0.15, -0.1) is 0 Å². The number of hydrogen-bond acceptors (Lipinski definition) is 3. The Morgan fingerprint density at radius 2 is 1.87 bits per heavy atom. The van der Waals surface area contributed by atoms with Crippen LogP contribution in [0.5, 0.6) is 0 Å². The lowest BCUT2D eigenvalue weighted by Gasteiger charge is -2.32. The molecule has 0 atom stereocenters. The van der Waals surface area contributed by atoms with Crippen LogP contribution in [-0.2, 0) is 9.63 Å². The Morgan fingerprint density at radius 3 is 2.27 bits per heavy atom. The van der Waals surface area contributed by atoms with Gasteiger partial charge in [0.05, 0.1) is 7.11 Å². The minimum atomic E-state index is 0.205. The minimum Gasteiger partial charge on any atom is -0.343 e. The van der Waals surface area contributed by atoms with Crippen molar-refractivity contribution in [1.82, 2.24) is 9.96 Å². The number of carbonyl (C=O) groups is 1. The quantitative estimate of drug-likeness (QED) is 0.703. The van der Waals surface area contributed by atoms with Crippen molar-refractivity contribution in [2.24, 2.45) is 5.92 Å². The van der Waals surface area contributed by atoms with Crippen LogP contribution in [0.4, 0.5) is 0 Å². The van der Waals surface area contributed by atoms with Crippen molar-refractivity contribution in [3.8, 4) is 0 Å². The molecule has 4 heteroatoms. The first-order valence-corrected chi connectivity index (χ1v) is 5.80. The summed E-state index contributed by atoms with van der Waals surface area (Å²) >= 11 is 0. The van der Waals surface area contributed by atoms with Gasteiger partial charge < -0.3 is 9.74 Å². The SMILES string of the molecule is CCN(CC)C(=O)C1CCN(OC)CC1.